The Morgan fingerprint density at radius 1 is 1.52 bits per heavy atom. The zero-order valence-electron chi connectivity index (χ0n) is 10.6. The quantitative estimate of drug-likeness (QED) is 0.683. The first-order valence-electron chi connectivity index (χ1n) is 5.91. The maximum atomic E-state index is 12.0. The second kappa shape index (κ2) is 5.56. The summed E-state index contributed by atoms with van der Waals surface area (Å²) in [5.41, 5.74) is 0.881. The van der Waals surface area contributed by atoms with Crippen molar-refractivity contribution in [3.8, 4) is 12.3 Å². The lowest BCUT2D eigenvalue weighted by Crippen LogP contribution is -2.16. The Bertz CT molecular complexity index is 916. The number of nitrogens with zero attached hydrogens (tertiary/aromatic N) is 3. The monoisotopic (exact) mass is 317 g/mol. The van der Waals surface area contributed by atoms with Crippen LogP contribution in [0.15, 0.2) is 40.0 Å². The van der Waals surface area contributed by atoms with Gasteiger partial charge in [-0.2, -0.15) is 4.99 Å². The van der Waals surface area contributed by atoms with Gasteiger partial charge in [0.15, 0.2) is 4.80 Å². The first-order valence-corrected chi connectivity index (χ1v) is 7.10. The average Bonchev–Trinajstić information content (AvgIpc) is 3.08. The van der Waals surface area contributed by atoms with E-state index < -0.39 is 5.91 Å². The van der Waals surface area contributed by atoms with Gasteiger partial charge in [-0.05, 0) is 18.2 Å². The Balaban J connectivity index is 2.19. The lowest BCUT2D eigenvalue weighted by molar-refractivity contribution is 0.0962. The lowest BCUT2D eigenvalue weighted by atomic mass is 10.3. The minimum atomic E-state index is -0.504. The fourth-order valence-corrected chi connectivity index (χ4v) is 3.15. The Kier molecular flexibility index (Phi) is 3.60. The molecule has 0 fully saturated rings. The van der Waals surface area contributed by atoms with Crippen LogP contribution in [0.2, 0.25) is 5.02 Å². The number of terminal acetylenes is 1. The number of fused-ring (bicyclic) bond motifs is 1. The summed E-state index contributed by atoms with van der Waals surface area (Å²) in [4.78, 5) is 16.5. The number of carbonyl (C=O) groups is 1. The first kappa shape index (κ1) is 13.6. The molecule has 0 aliphatic rings. The average molecular weight is 318 g/mol. The van der Waals surface area contributed by atoms with Gasteiger partial charge in [-0.3, -0.25) is 4.79 Å². The maximum Gasteiger partial charge on any atom is 0.318 e. The van der Waals surface area contributed by atoms with E-state index >= 15 is 0 Å². The molecule has 21 heavy (non-hydrogen) atoms. The van der Waals surface area contributed by atoms with Crippen LogP contribution in [0.3, 0.4) is 0 Å². The molecule has 2 aromatic heterocycles. The van der Waals surface area contributed by atoms with Crippen molar-refractivity contribution in [3.63, 3.8) is 0 Å². The van der Waals surface area contributed by atoms with E-state index in [2.05, 4.69) is 16.1 Å². The number of benzene rings is 1. The Hall–Kier alpha value is -2.36. The molecule has 0 aliphatic carbocycles. The molecular weight excluding hydrogens is 310 g/mol. The molecule has 2 heterocycles. The number of rotatable bonds is 2. The molecule has 7 heteroatoms. The normalized spacial score (nSPS) is 11.7. The smallest absolute Gasteiger partial charge is 0.318 e. The molecule has 0 saturated carbocycles. The summed E-state index contributed by atoms with van der Waals surface area (Å²) in [6, 6.07) is 6.89. The van der Waals surface area contributed by atoms with Crippen molar-refractivity contribution in [2.24, 2.45) is 4.99 Å². The Morgan fingerprint density at radius 2 is 2.38 bits per heavy atom. The zero-order valence-corrected chi connectivity index (χ0v) is 12.2. The molecule has 0 radical (unpaired) electrons. The van der Waals surface area contributed by atoms with E-state index in [4.69, 9.17) is 22.5 Å². The summed E-state index contributed by atoms with van der Waals surface area (Å²) in [7, 11) is 0. The van der Waals surface area contributed by atoms with Gasteiger partial charge in [0.2, 0.25) is 5.76 Å². The predicted octanol–water partition coefficient (Wildman–Crippen LogP) is 2.72. The van der Waals surface area contributed by atoms with E-state index in [-0.39, 0.29) is 5.76 Å². The molecule has 1 aromatic carbocycles. The molecule has 3 rings (SSSR count). The SMILES string of the molecule is C#CCn1c(=NC(=O)c2ccno2)sc2cc(Cl)ccc21. The van der Waals surface area contributed by atoms with Gasteiger partial charge in [0.25, 0.3) is 0 Å². The molecule has 1 amide bonds. The molecule has 0 bridgehead atoms. The standard InChI is InChI=1S/C14H8ClN3O2S/c1-2-7-18-10-4-3-9(15)8-12(10)21-14(18)17-13(19)11-5-6-16-20-11/h1,3-6,8H,7H2. The molecule has 0 saturated heterocycles. The molecule has 104 valence electrons. The number of thiazole rings is 1. The number of hydrogen-bond acceptors (Lipinski definition) is 4. The minimum absolute atomic E-state index is 0.0812. The second-order valence-corrected chi connectivity index (χ2v) is 5.53. The van der Waals surface area contributed by atoms with Crippen molar-refractivity contribution in [1.82, 2.24) is 9.72 Å². The zero-order chi connectivity index (χ0) is 14.8. The van der Waals surface area contributed by atoms with Crippen molar-refractivity contribution < 1.29 is 9.32 Å². The van der Waals surface area contributed by atoms with Crippen LogP contribution in [-0.4, -0.2) is 15.6 Å². The van der Waals surface area contributed by atoms with Crippen molar-refractivity contribution in [2.75, 3.05) is 0 Å². The van der Waals surface area contributed by atoms with Gasteiger partial charge < -0.3 is 9.09 Å². The van der Waals surface area contributed by atoms with E-state index in [0.29, 0.717) is 16.4 Å². The summed E-state index contributed by atoms with van der Waals surface area (Å²) < 4.78 is 7.49. The van der Waals surface area contributed by atoms with Crippen molar-refractivity contribution in [3.05, 3.63) is 46.0 Å². The predicted molar refractivity (Wildman–Crippen MR) is 80.1 cm³/mol. The van der Waals surface area contributed by atoms with Gasteiger partial charge in [0.1, 0.15) is 0 Å². The highest BCUT2D eigenvalue weighted by molar-refractivity contribution is 7.16. The van der Waals surface area contributed by atoms with Crippen LogP contribution < -0.4 is 4.80 Å². The molecule has 0 atom stereocenters. The maximum absolute atomic E-state index is 12.0. The van der Waals surface area contributed by atoms with Crippen LogP contribution in [0.25, 0.3) is 10.2 Å². The molecule has 5 nitrogen and oxygen atoms in total. The third-order valence-electron chi connectivity index (χ3n) is 2.74. The van der Waals surface area contributed by atoms with Crippen LogP contribution >= 0.6 is 22.9 Å². The van der Waals surface area contributed by atoms with Crippen LogP contribution in [0.4, 0.5) is 0 Å². The van der Waals surface area contributed by atoms with Crippen LogP contribution in [0.1, 0.15) is 10.6 Å². The third-order valence-corrected chi connectivity index (χ3v) is 4.02. The molecular formula is C14H8ClN3O2S. The minimum Gasteiger partial charge on any atom is -0.351 e. The van der Waals surface area contributed by atoms with Gasteiger partial charge in [-0.25, -0.2) is 0 Å². The summed E-state index contributed by atoms with van der Waals surface area (Å²) in [6.45, 7) is 0.310. The number of aromatic nitrogens is 2. The highest BCUT2D eigenvalue weighted by Gasteiger charge is 2.11. The fraction of sp³-hybridized carbons (Fsp3) is 0.0714. The first-order chi connectivity index (χ1) is 10.2. The molecule has 0 unspecified atom stereocenters. The van der Waals surface area contributed by atoms with E-state index in [0.717, 1.165) is 10.2 Å². The van der Waals surface area contributed by atoms with Crippen LogP contribution in [-0.2, 0) is 6.54 Å². The summed E-state index contributed by atoms with van der Waals surface area (Å²) in [5.74, 6) is 2.13. The van der Waals surface area contributed by atoms with Gasteiger partial charge in [-0.1, -0.05) is 34.0 Å². The highest BCUT2D eigenvalue weighted by Crippen LogP contribution is 2.21. The number of carbonyl (C=O) groups excluding carboxylic acids is 1. The largest absolute Gasteiger partial charge is 0.351 e. The van der Waals surface area contributed by atoms with E-state index in [1.165, 1.54) is 23.6 Å². The summed E-state index contributed by atoms with van der Waals surface area (Å²) >= 11 is 7.32. The number of hydrogen-bond donors (Lipinski definition) is 0. The fourth-order valence-electron chi connectivity index (χ4n) is 1.84. The van der Waals surface area contributed by atoms with Gasteiger partial charge in [0.05, 0.1) is 23.0 Å². The number of halogens is 1. The van der Waals surface area contributed by atoms with E-state index in [1.54, 1.807) is 10.6 Å². The molecule has 0 N–H and O–H groups in total. The highest BCUT2D eigenvalue weighted by atomic mass is 35.5. The Labute approximate surface area is 128 Å². The van der Waals surface area contributed by atoms with Gasteiger partial charge in [-0.15, -0.1) is 6.42 Å². The second-order valence-electron chi connectivity index (χ2n) is 4.08. The third kappa shape index (κ3) is 2.61. The van der Waals surface area contributed by atoms with Gasteiger partial charge >= 0.3 is 5.91 Å². The van der Waals surface area contributed by atoms with Gasteiger partial charge in [0, 0.05) is 11.1 Å². The lowest BCUT2D eigenvalue weighted by Gasteiger charge is -1.99. The Morgan fingerprint density at radius 3 is 3.10 bits per heavy atom. The van der Waals surface area contributed by atoms with E-state index in [1.807, 2.05) is 12.1 Å². The topological polar surface area (TPSA) is 60.4 Å². The summed E-state index contributed by atoms with van der Waals surface area (Å²) in [5, 5.41) is 4.10. The van der Waals surface area contributed by atoms with Crippen molar-refractivity contribution in [2.45, 2.75) is 6.54 Å². The van der Waals surface area contributed by atoms with Crippen LogP contribution in [0.5, 0.6) is 0 Å². The van der Waals surface area contributed by atoms with E-state index in [9.17, 15) is 4.79 Å². The van der Waals surface area contributed by atoms with Crippen LogP contribution in [0, 0.1) is 12.3 Å². The summed E-state index contributed by atoms with van der Waals surface area (Å²) in [6.07, 6.45) is 6.78. The van der Waals surface area contributed by atoms with Crippen molar-refractivity contribution >= 4 is 39.1 Å². The van der Waals surface area contributed by atoms with Crippen molar-refractivity contribution in [1.29, 1.82) is 0 Å². The molecule has 3 aromatic rings. The molecule has 0 spiro atoms. The number of amides is 1. The molecule has 0 aliphatic heterocycles.